The van der Waals surface area contributed by atoms with Crippen molar-refractivity contribution < 1.29 is 9.53 Å². The maximum atomic E-state index is 11.2. The fraction of sp³-hybridized carbons (Fsp3) is 0.909. The van der Waals surface area contributed by atoms with Crippen LogP contribution >= 0.6 is 0 Å². The minimum absolute atomic E-state index is 0.130. The van der Waals surface area contributed by atoms with E-state index in [1.807, 2.05) is 20.8 Å². The third-order valence-corrected chi connectivity index (χ3v) is 1.96. The van der Waals surface area contributed by atoms with Gasteiger partial charge in [0, 0.05) is 12.6 Å². The molecule has 0 saturated carbocycles. The molecule has 96 valence electrons. The van der Waals surface area contributed by atoms with E-state index < -0.39 is 5.60 Å². The lowest BCUT2D eigenvalue weighted by Crippen LogP contribution is -2.33. The molecular formula is C11H25N3O2. The molecule has 5 nitrogen and oxygen atoms in total. The summed E-state index contributed by atoms with van der Waals surface area (Å²) in [7, 11) is 0. The zero-order valence-electron chi connectivity index (χ0n) is 10.6. The Morgan fingerprint density at radius 1 is 1.38 bits per heavy atom. The molecule has 0 aromatic rings. The standard InChI is InChI=1S/C11H25N3O2/c1-11(2,3)16-10(15)14-8-4-5-9(13)6-7-12/h9H,4-8,12-13H2,1-3H3,(H,14,15). The number of alkyl carbamates (subject to hydrolysis) is 1. The second-order valence-electron chi connectivity index (χ2n) is 4.91. The van der Waals surface area contributed by atoms with Crippen LogP contribution in [0.25, 0.3) is 0 Å². The largest absolute Gasteiger partial charge is 0.444 e. The quantitative estimate of drug-likeness (QED) is 0.594. The second kappa shape index (κ2) is 7.46. The lowest BCUT2D eigenvalue weighted by Gasteiger charge is -2.19. The highest BCUT2D eigenvalue weighted by atomic mass is 16.6. The number of hydrogen-bond donors (Lipinski definition) is 3. The van der Waals surface area contributed by atoms with Gasteiger partial charge in [0.2, 0.25) is 0 Å². The highest BCUT2D eigenvalue weighted by Crippen LogP contribution is 2.06. The van der Waals surface area contributed by atoms with Crippen LogP contribution in [0.1, 0.15) is 40.0 Å². The van der Waals surface area contributed by atoms with E-state index in [1.54, 1.807) is 0 Å². The van der Waals surface area contributed by atoms with Crippen LogP contribution in [-0.4, -0.2) is 30.8 Å². The molecule has 1 atom stereocenters. The van der Waals surface area contributed by atoms with Crippen molar-refractivity contribution in [1.29, 1.82) is 0 Å². The maximum absolute atomic E-state index is 11.2. The van der Waals surface area contributed by atoms with Gasteiger partial charge < -0.3 is 21.5 Å². The van der Waals surface area contributed by atoms with E-state index in [4.69, 9.17) is 16.2 Å². The molecule has 0 saturated heterocycles. The van der Waals surface area contributed by atoms with E-state index in [-0.39, 0.29) is 12.1 Å². The van der Waals surface area contributed by atoms with Crippen LogP contribution < -0.4 is 16.8 Å². The summed E-state index contributed by atoms with van der Waals surface area (Å²) in [5, 5.41) is 2.69. The fourth-order valence-electron chi connectivity index (χ4n) is 1.23. The number of nitrogens with two attached hydrogens (primary N) is 2. The molecule has 5 heteroatoms. The summed E-state index contributed by atoms with van der Waals surface area (Å²) < 4.78 is 5.09. The summed E-state index contributed by atoms with van der Waals surface area (Å²) in [6, 6.07) is 0.130. The van der Waals surface area contributed by atoms with Crippen LogP contribution in [0.3, 0.4) is 0 Å². The SMILES string of the molecule is CC(C)(C)OC(=O)NCCCC(N)CCN. The molecule has 0 radical (unpaired) electrons. The smallest absolute Gasteiger partial charge is 0.407 e. The summed E-state index contributed by atoms with van der Waals surface area (Å²) in [6.07, 6.45) is 2.17. The summed E-state index contributed by atoms with van der Waals surface area (Å²) in [4.78, 5) is 11.2. The number of carbonyl (C=O) groups is 1. The third-order valence-electron chi connectivity index (χ3n) is 1.96. The van der Waals surface area contributed by atoms with Gasteiger partial charge >= 0.3 is 6.09 Å². The zero-order valence-corrected chi connectivity index (χ0v) is 10.6. The highest BCUT2D eigenvalue weighted by molar-refractivity contribution is 5.67. The maximum Gasteiger partial charge on any atom is 0.407 e. The van der Waals surface area contributed by atoms with Gasteiger partial charge in [-0.1, -0.05) is 0 Å². The van der Waals surface area contributed by atoms with Crippen LogP contribution in [0.4, 0.5) is 4.79 Å². The van der Waals surface area contributed by atoms with Crippen LogP contribution in [-0.2, 0) is 4.74 Å². The van der Waals surface area contributed by atoms with Crippen LogP contribution in [0.2, 0.25) is 0 Å². The minimum atomic E-state index is -0.444. The first-order chi connectivity index (χ1) is 7.35. The van der Waals surface area contributed by atoms with E-state index in [0.717, 1.165) is 19.3 Å². The van der Waals surface area contributed by atoms with E-state index in [2.05, 4.69) is 5.32 Å². The van der Waals surface area contributed by atoms with Crippen molar-refractivity contribution in [3.63, 3.8) is 0 Å². The van der Waals surface area contributed by atoms with E-state index >= 15 is 0 Å². The molecule has 0 fully saturated rings. The fourth-order valence-corrected chi connectivity index (χ4v) is 1.23. The van der Waals surface area contributed by atoms with Crippen LogP contribution in [0, 0.1) is 0 Å². The molecule has 16 heavy (non-hydrogen) atoms. The van der Waals surface area contributed by atoms with E-state index in [1.165, 1.54) is 0 Å². The van der Waals surface area contributed by atoms with Crippen LogP contribution in [0.15, 0.2) is 0 Å². The molecule has 5 N–H and O–H groups in total. The van der Waals surface area contributed by atoms with Crippen molar-refractivity contribution in [3.8, 4) is 0 Å². The number of amides is 1. The molecule has 0 spiro atoms. The molecule has 0 rings (SSSR count). The summed E-state index contributed by atoms with van der Waals surface area (Å²) >= 11 is 0. The Bertz CT molecular complexity index is 202. The van der Waals surface area contributed by atoms with Gasteiger partial charge in [0.25, 0.3) is 0 Å². The molecular weight excluding hydrogens is 206 g/mol. The van der Waals surface area contributed by atoms with Gasteiger partial charge in [0.05, 0.1) is 0 Å². The molecule has 0 aliphatic heterocycles. The Labute approximate surface area is 97.9 Å². The predicted molar refractivity (Wildman–Crippen MR) is 65.1 cm³/mol. The molecule has 0 bridgehead atoms. The molecule has 1 unspecified atom stereocenters. The van der Waals surface area contributed by atoms with Crippen molar-refractivity contribution in [1.82, 2.24) is 5.32 Å². The Morgan fingerprint density at radius 2 is 2.00 bits per heavy atom. The second-order valence-corrected chi connectivity index (χ2v) is 4.91. The van der Waals surface area contributed by atoms with Crippen molar-refractivity contribution in [2.45, 2.75) is 51.7 Å². The topological polar surface area (TPSA) is 90.4 Å². The lowest BCUT2D eigenvalue weighted by molar-refractivity contribution is 0.0526. The molecule has 0 aliphatic carbocycles. The van der Waals surface area contributed by atoms with Crippen molar-refractivity contribution in [2.75, 3.05) is 13.1 Å². The highest BCUT2D eigenvalue weighted by Gasteiger charge is 2.15. The first kappa shape index (κ1) is 15.2. The monoisotopic (exact) mass is 231 g/mol. The molecule has 1 amide bonds. The Hall–Kier alpha value is -0.810. The zero-order chi connectivity index (χ0) is 12.6. The summed E-state index contributed by atoms with van der Waals surface area (Å²) in [5.74, 6) is 0. The van der Waals surface area contributed by atoms with Gasteiger partial charge in [-0.15, -0.1) is 0 Å². The lowest BCUT2D eigenvalue weighted by atomic mass is 10.1. The number of ether oxygens (including phenoxy) is 1. The number of nitrogens with one attached hydrogen (secondary N) is 1. The van der Waals surface area contributed by atoms with Crippen molar-refractivity contribution in [3.05, 3.63) is 0 Å². The predicted octanol–water partition coefficient (Wildman–Crippen LogP) is 0.967. The van der Waals surface area contributed by atoms with Gasteiger partial charge in [0.15, 0.2) is 0 Å². The van der Waals surface area contributed by atoms with E-state index in [9.17, 15) is 4.79 Å². The Morgan fingerprint density at radius 3 is 2.50 bits per heavy atom. The Balaban J connectivity index is 3.48. The van der Waals surface area contributed by atoms with Crippen molar-refractivity contribution >= 4 is 6.09 Å². The number of hydrogen-bond acceptors (Lipinski definition) is 4. The average Bonchev–Trinajstić information content (AvgIpc) is 2.10. The first-order valence-electron chi connectivity index (χ1n) is 5.77. The normalized spacial score (nSPS) is 13.3. The minimum Gasteiger partial charge on any atom is -0.444 e. The number of carbonyl (C=O) groups excluding carboxylic acids is 1. The molecule has 0 aromatic heterocycles. The van der Waals surface area contributed by atoms with Gasteiger partial charge in [-0.25, -0.2) is 4.79 Å². The molecule has 0 aromatic carbocycles. The van der Waals surface area contributed by atoms with Gasteiger partial charge in [-0.3, -0.25) is 0 Å². The summed E-state index contributed by atoms with van der Waals surface area (Å²) in [6.45, 7) is 6.71. The first-order valence-corrected chi connectivity index (χ1v) is 5.77. The molecule has 0 heterocycles. The van der Waals surface area contributed by atoms with Crippen molar-refractivity contribution in [2.24, 2.45) is 11.5 Å². The average molecular weight is 231 g/mol. The van der Waals surface area contributed by atoms with E-state index in [0.29, 0.717) is 13.1 Å². The Kier molecular flexibility index (Phi) is 7.08. The van der Waals surface area contributed by atoms with Gasteiger partial charge in [0.1, 0.15) is 5.60 Å². The molecule has 0 aliphatic rings. The third kappa shape index (κ3) is 9.73. The van der Waals surface area contributed by atoms with Crippen LogP contribution in [0.5, 0.6) is 0 Å². The number of rotatable bonds is 6. The van der Waals surface area contributed by atoms with Gasteiger partial charge in [-0.05, 0) is 46.6 Å². The van der Waals surface area contributed by atoms with Gasteiger partial charge in [-0.2, -0.15) is 0 Å². The summed E-state index contributed by atoms with van der Waals surface area (Å²) in [5.41, 5.74) is 10.7.